The first-order valence-electron chi connectivity index (χ1n) is 8.05. The van der Waals surface area contributed by atoms with Gasteiger partial charge in [-0.2, -0.15) is 0 Å². The third-order valence-electron chi connectivity index (χ3n) is 4.07. The van der Waals surface area contributed by atoms with Crippen molar-refractivity contribution in [2.24, 2.45) is 0 Å². The lowest BCUT2D eigenvalue weighted by atomic mass is 10.1. The van der Waals surface area contributed by atoms with Crippen molar-refractivity contribution in [3.8, 4) is 5.75 Å². The van der Waals surface area contributed by atoms with Gasteiger partial charge in [0.25, 0.3) is 5.91 Å². The highest BCUT2D eigenvalue weighted by atomic mass is 16.5. The number of methoxy groups -OCH3 is 1. The van der Waals surface area contributed by atoms with Crippen LogP contribution in [0.5, 0.6) is 5.75 Å². The van der Waals surface area contributed by atoms with Gasteiger partial charge in [-0.1, -0.05) is 13.8 Å². The van der Waals surface area contributed by atoms with Crippen molar-refractivity contribution in [1.29, 1.82) is 0 Å². The van der Waals surface area contributed by atoms with Gasteiger partial charge in [0.2, 0.25) is 0 Å². The number of pyridine rings is 1. The number of likely N-dealkylation sites (N-methyl/N-ethyl adjacent to an activating group) is 1. The summed E-state index contributed by atoms with van der Waals surface area (Å²) in [5, 5.41) is 3.92. The number of ether oxygens (including phenoxy) is 1. The maximum absolute atomic E-state index is 12.4. The van der Waals surface area contributed by atoms with Gasteiger partial charge >= 0.3 is 0 Å². The second-order valence-electron chi connectivity index (χ2n) is 5.46. The van der Waals surface area contributed by atoms with Crippen LogP contribution in [0.2, 0.25) is 0 Å². The predicted octanol–water partition coefficient (Wildman–Crippen LogP) is 2.62. The van der Waals surface area contributed by atoms with Crippen LogP contribution in [0.3, 0.4) is 0 Å². The van der Waals surface area contributed by atoms with Gasteiger partial charge in [-0.25, -0.2) is 0 Å². The normalized spacial score (nSPS) is 11.0. The van der Waals surface area contributed by atoms with E-state index in [1.807, 2.05) is 31.2 Å². The Morgan fingerprint density at radius 1 is 1.26 bits per heavy atom. The van der Waals surface area contributed by atoms with Gasteiger partial charge in [-0.05, 0) is 38.2 Å². The molecule has 2 rings (SSSR count). The molecule has 1 amide bonds. The Balaban J connectivity index is 2.12. The van der Waals surface area contributed by atoms with E-state index in [4.69, 9.17) is 4.74 Å². The summed E-state index contributed by atoms with van der Waals surface area (Å²) >= 11 is 0. The van der Waals surface area contributed by atoms with Crippen LogP contribution < -0.4 is 10.1 Å². The molecule has 1 heterocycles. The Morgan fingerprint density at radius 2 is 2.00 bits per heavy atom. The van der Waals surface area contributed by atoms with Crippen LogP contribution in [0.15, 0.2) is 24.3 Å². The minimum absolute atomic E-state index is 0.0696. The number of carbonyl (C=O) groups excluding carboxylic acids is 1. The van der Waals surface area contributed by atoms with E-state index >= 15 is 0 Å². The third-order valence-corrected chi connectivity index (χ3v) is 4.07. The van der Waals surface area contributed by atoms with Gasteiger partial charge in [0.1, 0.15) is 5.75 Å². The van der Waals surface area contributed by atoms with Crippen molar-refractivity contribution in [3.63, 3.8) is 0 Å². The first kappa shape index (κ1) is 17.2. The summed E-state index contributed by atoms with van der Waals surface area (Å²) in [6.45, 7) is 9.58. The molecule has 2 aromatic rings. The number of hydrogen-bond donors (Lipinski definition) is 1. The summed E-state index contributed by atoms with van der Waals surface area (Å²) in [6.07, 6.45) is 0. The molecule has 1 N–H and O–H groups in total. The van der Waals surface area contributed by atoms with E-state index in [1.165, 1.54) is 0 Å². The van der Waals surface area contributed by atoms with Crippen molar-refractivity contribution in [3.05, 3.63) is 35.5 Å². The number of aryl methyl sites for hydroxylation is 1. The summed E-state index contributed by atoms with van der Waals surface area (Å²) in [5.74, 6) is 0.695. The number of amides is 1. The Kier molecular flexibility index (Phi) is 5.93. The zero-order valence-corrected chi connectivity index (χ0v) is 14.3. The van der Waals surface area contributed by atoms with E-state index in [9.17, 15) is 4.79 Å². The SMILES string of the molecule is CCN(CC)CCNC(=O)c1cc2ccc(OC)cc2nc1C. The first-order chi connectivity index (χ1) is 11.1. The lowest BCUT2D eigenvalue weighted by Gasteiger charge is -2.18. The average molecular weight is 315 g/mol. The summed E-state index contributed by atoms with van der Waals surface area (Å²) < 4.78 is 5.21. The van der Waals surface area contributed by atoms with Gasteiger partial charge in [0.05, 0.1) is 23.9 Å². The number of carbonyl (C=O) groups is 1. The average Bonchev–Trinajstić information content (AvgIpc) is 2.57. The van der Waals surface area contributed by atoms with E-state index in [0.717, 1.165) is 42.0 Å². The maximum Gasteiger partial charge on any atom is 0.253 e. The number of aromatic nitrogens is 1. The molecule has 0 unspecified atom stereocenters. The Bertz CT molecular complexity index is 681. The van der Waals surface area contributed by atoms with Gasteiger partial charge in [0.15, 0.2) is 0 Å². The van der Waals surface area contributed by atoms with Crippen molar-refractivity contribution >= 4 is 16.8 Å². The zero-order valence-electron chi connectivity index (χ0n) is 14.3. The van der Waals surface area contributed by atoms with Crippen molar-refractivity contribution < 1.29 is 9.53 Å². The monoisotopic (exact) mass is 315 g/mol. The molecule has 0 fully saturated rings. The maximum atomic E-state index is 12.4. The largest absolute Gasteiger partial charge is 0.497 e. The number of rotatable bonds is 7. The highest BCUT2D eigenvalue weighted by Crippen LogP contribution is 2.21. The molecule has 0 aliphatic rings. The molecule has 0 aliphatic heterocycles. The van der Waals surface area contributed by atoms with Crippen LogP contribution in [-0.4, -0.2) is 49.1 Å². The van der Waals surface area contributed by atoms with Crippen LogP contribution in [0, 0.1) is 6.92 Å². The molecule has 5 heteroatoms. The molecule has 0 spiro atoms. The van der Waals surface area contributed by atoms with Crippen molar-refractivity contribution in [2.75, 3.05) is 33.3 Å². The number of hydrogen-bond acceptors (Lipinski definition) is 4. The van der Waals surface area contributed by atoms with E-state index in [2.05, 4.69) is 29.0 Å². The smallest absolute Gasteiger partial charge is 0.253 e. The highest BCUT2D eigenvalue weighted by molar-refractivity contribution is 5.98. The lowest BCUT2D eigenvalue weighted by molar-refractivity contribution is 0.0948. The fourth-order valence-corrected chi connectivity index (χ4v) is 2.56. The van der Waals surface area contributed by atoms with Gasteiger partial charge in [-0.3, -0.25) is 9.78 Å². The molecule has 0 saturated heterocycles. The number of nitrogens with one attached hydrogen (secondary N) is 1. The molecule has 0 saturated carbocycles. The molecule has 23 heavy (non-hydrogen) atoms. The molecule has 0 radical (unpaired) electrons. The topological polar surface area (TPSA) is 54.5 Å². The van der Waals surface area contributed by atoms with Gasteiger partial charge in [0, 0.05) is 24.5 Å². The molecule has 124 valence electrons. The second-order valence-corrected chi connectivity index (χ2v) is 5.46. The van der Waals surface area contributed by atoms with Crippen LogP contribution in [0.1, 0.15) is 29.9 Å². The fourth-order valence-electron chi connectivity index (χ4n) is 2.56. The first-order valence-corrected chi connectivity index (χ1v) is 8.05. The minimum Gasteiger partial charge on any atom is -0.497 e. The van der Waals surface area contributed by atoms with Gasteiger partial charge in [-0.15, -0.1) is 0 Å². The number of fused-ring (bicyclic) bond motifs is 1. The third kappa shape index (κ3) is 4.20. The van der Waals surface area contributed by atoms with E-state index < -0.39 is 0 Å². The van der Waals surface area contributed by atoms with Crippen molar-refractivity contribution in [1.82, 2.24) is 15.2 Å². The Morgan fingerprint density at radius 3 is 2.65 bits per heavy atom. The molecule has 0 bridgehead atoms. The fraction of sp³-hybridized carbons (Fsp3) is 0.444. The zero-order chi connectivity index (χ0) is 16.8. The standard InChI is InChI=1S/C18H25N3O2/c1-5-21(6-2)10-9-19-18(22)16-11-14-7-8-15(23-4)12-17(14)20-13(16)3/h7-8,11-12H,5-6,9-10H2,1-4H3,(H,19,22). The minimum atomic E-state index is -0.0696. The van der Waals surface area contributed by atoms with Crippen LogP contribution in [0.4, 0.5) is 0 Å². The van der Waals surface area contributed by atoms with E-state index in [-0.39, 0.29) is 5.91 Å². The molecular weight excluding hydrogens is 290 g/mol. The van der Waals surface area contributed by atoms with E-state index in [1.54, 1.807) is 7.11 Å². The molecule has 1 aromatic heterocycles. The van der Waals surface area contributed by atoms with Crippen LogP contribution >= 0.6 is 0 Å². The summed E-state index contributed by atoms with van der Waals surface area (Å²) in [4.78, 5) is 19.2. The highest BCUT2D eigenvalue weighted by Gasteiger charge is 2.12. The molecule has 0 aliphatic carbocycles. The van der Waals surface area contributed by atoms with Crippen LogP contribution in [0.25, 0.3) is 10.9 Å². The number of benzene rings is 1. The number of nitrogens with zero attached hydrogens (tertiary/aromatic N) is 2. The second kappa shape index (κ2) is 7.92. The van der Waals surface area contributed by atoms with Crippen molar-refractivity contribution in [2.45, 2.75) is 20.8 Å². The molecule has 0 atom stereocenters. The summed E-state index contributed by atoms with van der Waals surface area (Å²) in [7, 11) is 1.63. The summed E-state index contributed by atoms with van der Waals surface area (Å²) in [5.41, 5.74) is 2.19. The Hall–Kier alpha value is -2.14. The molecule has 5 nitrogen and oxygen atoms in total. The quantitative estimate of drug-likeness (QED) is 0.853. The molecular formula is C18H25N3O2. The molecule has 1 aromatic carbocycles. The predicted molar refractivity (Wildman–Crippen MR) is 93.2 cm³/mol. The summed E-state index contributed by atoms with van der Waals surface area (Å²) in [6, 6.07) is 7.57. The Labute approximate surface area is 137 Å². The lowest BCUT2D eigenvalue weighted by Crippen LogP contribution is -2.35. The van der Waals surface area contributed by atoms with E-state index in [0.29, 0.717) is 12.1 Å². The van der Waals surface area contributed by atoms with Crippen LogP contribution in [-0.2, 0) is 0 Å². The van der Waals surface area contributed by atoms with Gasteiger partial charge < -0.3 is 15.0 Å².